The number of nitrogens with one attached hydrogen (secondary N) is 1. The number of aromatic nitrogens is 3. The minimum atomic E-state index is -0.452. The van der Waals surface area contributed by atoms with E-state index < -0.39 is 5.60 Å². The summed E-state index contributed by atoms with van der Waals surface area (Å²) in [6, 6.07) is 6.12. The van der Waals surface area contributed by atoms with E-state index in [-0.39, 0.29) is 6.09 Å². The van der Waals surface area contributed by atoms with Gasteiger partial charge in [-0.2, -0.15) is 5.10 Å². The van der Waals surface area contributed by atoms with Crippen molar-refractivity contribution in [2.45, 2.75) is 52.1 Å². The number of H-pyrrole nitrogens is 1. The number of pyridine rings is 1. The average molecular weight is 342 g/mol. The second-order valence-electron chi connectivity index (χ2n) is 7.67. The lowest BCUT2D eigenvalue weighted by atomic mass is 9.93. The van der Waals surface area contributed by atoms with Crippen molar-refractivity contribution in [1.29, 1.82) is 0 Å². The van der Waals surface area contributed by atoms with Gasteiger partial charge < -0.3 is 9.64 Å². The molecule has 25 heavy (non-hydrogen) atoms. The molecular weight excluding hydrogens is 316 g/mol. The molecule has 0 aliphatic carbocycles. The smallest absolute Gasteiger partial charge is 0.410 e. The first kappa shape index (κ1) is 17.5. The first-order chi connectivity index (χ1) is 11.8. The van der Waals surface area contributed by atoms with Gasteiger partial charge in [-0.05, 0) is 58.2 Å². The molecule has 6 nitrogen and oxygen atoms in total. The number of hydrogen-bond donors (Lipinski definition) is 1. The van der Waals surface area contributed by atoms with Gasteiger partial charge in [0.15, 0.2) is 0 Å². The van der Waals surface area contributed by atoms with Crippen LogP contribution in [0.2, 0.25) is 0 Å². The van der Waals surface area contributed by atoms with Gasteiger partial charge in [-0.3, -0.25) is 10.1 Å². The predicted octanol–water partition coefficient (Wildman–Crippen LogP) is 3.89. The van der Waals surface area contributed by atoms with Crippen LogP contribution in [0, 0.1) is 6.92 Å². The van der Waals surface area contributed by atoms with Gasteiger partial charge in [0.1, 0.15) is 5.60 Å². The van der Waals surface area contributed by atoms with Crippen LogP contribution < -0.4 is 0 Å². The highest BCUT2D eigenvalue weighted by atomic mass is 16.6. The van der Waals surface area contributed by atoms with E-state index in [4.69, 9.17) is 4.74 Å². The molecule has 1 amide bonds. The molecule has 1 saturated heterocycles. The normalized spacial score (nSPS) is 16.1. The summed E-state index contributed by atoms with van der Waals surface area (Å²) in [5.41, 5.74) is 3.56. The van der Waals surface area contributed by atoms with Crippen LogP contribution in [0.4, 0.5) is 4.79 Å². The van der Waals surface area contributed by atoms with Crippen molar-refractivity contribution in [2.75, 3.05) is 13.1 Å². The second kappa shape index (κ2) is 6.86. The standard InChI is InChI=1S/C19H26N4O2/c1-13-5-6-15(20-12-13)17-11-16(21-22-17)14-7-9-23(10-8-14)18(24)25-19(2,3)4/h5-6,11-12,14H,7-10H2,1-4H3,(H,21,22). The number of aromatic amines is 1. The third-order valence-electron chi connectivity index (χ3n) is 4.35. The van der Waals surface area contributed by atoms with Crippen LogP contribution in [0.3, 0.4) is 0 Å². The maximum atomic E-state index is 12.1. The molecule has 3 rings (SSSR count). The molecule has 0 aromatic carbocycles. The van der Waals surface area contributed by atoms with Crippen LogP contribution in [0.1, 0.15) is 50.8 Å². The van der Waals surface area contributed by atoms with Crippen LogP contribution in [-0.4, -0.2) is 44.9 Å². The second-order valence-corrected chi connectivity index (χ2v) is 7.67. The Kier molecular flexibility index (Phi) is 4.79. The number of carbonyl (C=O) groups is 1. The van der Waals surface area contributed by atoms with Crippen LogP contribution in [0.15, 0.2) is 24.4 Å². The zero-order valence-electron chi connectivity index (χ0n) is 15.4. The van der Waals surface area contributed by atoms with Gasteiger partial charge in [0.05, 0.1) is 17.1 Å². The number of ether oxygens (including phenoxy) is 1. The van der Waals surface area contributed by atoms with E-state index in [1.807, 2.05) is 46.0 Å². The van der Waals surface area contributed by atoms with Crippen LogP contribution in [-0.2, 0) is 4.74 Å². The van der Waals surface area contributed by atoms with E-state index in [0.717, 1.165) is 35.5 Å². The van der Waals surface area contributed by atoms with Crippen molar-refractivity contribution in [2.24, 2.45) is 0 Å². The zero-order valence-corrected chi connectivity index (χ0v) is 15.4. The summed E-state index contributed by atoms with van der Waals surface area (Å²) in [4.78, 5) is 18.4. The number of nitrogens with zero attached hydrogens (tertiary/aromatic N) is 3. The van der Waals surface area contributed by atoms with Crippen molar-refractivity contribution in [3.63, 3.8) is 0 Å². The number of hydrogen-bond acceptors (Lipinski definition) is 4. The molecule has 0 saturated carbocycles. The van der Waals surface area contributed by atoms with Gasteiger partial charge in [0.25, 0.3) is 0 Å². The fourth-order valence-electron chi connectivity index (χ4n) is 2.99. The van der Waals surface area contributed by atoms with E-state index >= 15 is 0 Å². The molecule has 2 aromatic rings. The predicted molar refractivity (Wildman–Crippen MR) is 96.3 cm³/mol. The highest BCUT2D eigenvalue weighted by Crippen LogP contribution is 2.29. The molecule has 0 atom stereocenters. The number of carbonyl (C=O) groups excluding carboxylic acids is 1. The number of aryl methyl sites for hydroxylation is 1. The van der Waals surface area contributed by atoms with Crippen molar-refractivity contribution in [3.8, 4) is 11.4 Å². The molecule has 1 aliphatic rings. The molecule has 0 bridgehead atoms. The Bertz CT molecular complexity index is 723. The third kappa shape index (κ3) is 4.38. The lowest BCUT2D eigenvalue weighted by molar-refractivity contribution is 0.0204. The van der Waals surface area contributed by atoms with Crippen LogP contribution in [0.5, 0.6) is 0 Å². The van der Waals surface area contributed by atoms with Gasteiger partial charge in [-0.1, -0.05) is 6.07 Å². The Hall–Kier alpha value is -2.37. The Morgan fingerprint density at radius 2 is 2.00 bits per heavy atom. The van der Waals surface area contributed by atoms with E-state index in [9.17, 15) is 4.79 Å². The summed E-state index contributed by atoms with van der Waals surface area (Å²) in [7, 11) is 0. The van der Waals surface area contributed by atoms with Crippen molar-refractivity contribution in [1.82, 2.24) is 20.1 Å². The van der Waals surface area contributed by atoms with Crippen molar-refractivity contribution < 1.29 is 9.53 Å². The lowest BCUT2D eigenvalue weighted by Gasteiger charge is -2.32. The lowest BCUT2D eigenvalue weighted by Crippen LogP contribution is -2.41. The zero-order chi connectivity index (χ0) is 18.0. The highest BCUT2D eigenvalue weighted by Gasteiger charge is 2.28. The fourth-order valence-corrected chi connectivity index (χ4v) is 2.99. The molecule has 2 aromatic heterocycles. The molecule has 6 heteroatoms. The molecule has 0 spiro atoms. The Morgan fingerprint density at radius 1 is 1.28 bits per heavy atom. The number of piperidine rings is 1. The van der Waals surface area contributed by atoms with E-state index in [2.05, 4.69) is 21.2 Å². The van der Waals surface area contributed by atoms with Gasteiger partial charge in [0, 0.05) is 25.2 Å². The summed E-state index contributed by atoms with van der Waals surface area (Å²) < 4.78 is 5.45. The number of likely N-dealkylation sites (tertiary alicyclic amines) is 1. The van der Waals surface area contributed by atoms with E-state index in [1.165, 1.54) is 0 Å². The minimum Gasteiger partial charge on any atom is -0.444 e. The number of amides is 1. The summed E-state index contributed by atoms with van der Waals surface area (Å²) in [5.74, 6) is 0.356. The largest absolute Gasteiger partial charge is 0.444 e. The van der Waals surface area contributed by atoms with Gasteiger partial charge in [0.2, 0.25) is 0 Å². The summed E-state index contributed by atoms with van der Waals surface area (Å²) in [5, 5.41) is 7.55. The average Bonchev–Trinajstić information content (AvgIpc) is 3.04. The highest BCUT2D eigenvalue weighted by molar-refractivity contribution is 5.68. The monoisotopic (exact) mass is 342 g/mol. The summed E-state index contributed by atoms with van der Waals surface area (Å²) in [6.07, 6.45) is 3.42. The van der Waals surface area contributed by atoms with Gasteiger partial charge >= 0.3 is 6.09 Å². The topological polar surface area (TPSA) is 71.1 Å². The molecule has 1 N–H and O–H groups in total. The Morgan fingerprint density at radius 3 is 2.60 bits per heavy atom. The minimum absolute atomic E-state index is 0.225. The molecule has 3 heterocycles. The van der Waals surface area contributed by atoms with Crippen molar-refractivity contribution >= 4 is 6.09 Å². The number of rotatable bonds is 2. The van der Waals surface area contributed by atoms with E-state index in [1.54, 1.807) is 4.90 Å². The first-order valence-corrected chi connectivity index (χ1v) is 8.78. The molecule has 0 unspecified atom stereocenters. The summed E-state index contributed by atoms with van der Waals surface area (Å²) in [6.45, 7) is 9.09. The third-order valence-corrected chi connectivity index (χ3v) is 4.35. The molecule has 1 aliphatic heterocycles. The fraction of sp³-hybridized carbons (Fsp3) is 0.526. The Balaban J connectivity index is 1.60. The van der Waals surface area contributed by atoms with E-state index in [0.29, 0.717) is 19.0 Å². The van der Waals surface area contributed by atoms with Crippen LogP contribution in [0.25, 0.3) is 11.4 Å². The maximum Gasteiger partial charge on any atom is 0.410 e. The van der Waals surface area contributed by atoms with Crippen LogP contribution >= 0.6 is 0 Å². The first-order valence-electron chi connectivity index (χ1n) is 8.78. The molecule has 134 valence electrons. The molecule has 0 radical (unpaired) electrons. The van der Waals surface area contributed by atoms with Gasteiger partial charge in [-0.15, -0.1) is 0 Å². The van der Waals surface area contributed by atoms with Crippen molar-refractivity contribution in [3.05, 3.63) is 35.7 Å². The van der Waals surface area contributed by atoms with Gasteiger partial charge in [-0.25, -0.2) is 4.79 Å². The Labute approximate surface area is 148 Å². The SMILES string of the molecule is Cc1ccc(-c2cc(C3CCN(C(=O)OC(C)(C)C)CC3)n[nH]2)nc1. The quantitative estimate of drug-likeness (QED) is 0.898. The molecular formula is C19H26N4O2. The summed E-state index contributed by atoms with van der Waals surface area (Å²) >= 11 is 0. The molecule has 1 fully saturated rings. The maximum absolute atomic E-state index is 12.1.